The maximum Gasteiger partial charge on any atom is 0.233 e. The molecule has 2 aliphatic heterocycles. The standard InChI is InChI=1S/C25H30N6O2/c1-19-16-20(2)31(28-19)23-17-22(26-18-27-23)29-10-12-30(13-11-29)24(32)25(8-14-33-15-9-25)21-6-4-3-5-7-21/h3-7,16-18H,8-15H2,1-2H3. The van der Waals surface area contributed by atoms with Gasteiger partial charge in [-0.05, 0) is 38.3 Å². The number of aryl methyl sites for hydroxylation is 2. The molecule has 3 aromatic rings. The van der Waals surface area contributed by atoms with Crippen molar-refractivity contribution in [3.8, 4) is 5.82 Å². The van der Waals surface area contributed by atoms with Crippen LogP contribution >= 0.6 is 0 Å². The fourth-order valence-electron chi connectivity index (χ4n) is 5.03. The van der Waals surface area contributed by atoms with Gasteiger partial charge in [0, 0.05) is 51.2 Å². The minimum absolute atomic E-state index is 0.225. The van der Waals surface area contributed by atoms with Gasteiger partial charge in [0.15, 0.2) is 5.82 Å². The molecule has 4 heterocycles. The summed E-state index contributed by atoms with van der Waals surface area (Å²) in [4.78, 5) is 27.0. The van der Waals surface area contributed by atoms with Crippen LogP contribution in [0.4, 0.5) is 5.82 Å². The van der Waals surface area contributed by atoms with Crippen LogP contribution in [0.3, 0.4) is 0 Å². The summed E-state index contributed by atoms with van der Waals surface area (Å²) >= 11 is 0. The molecule has 33 heavy (non-hydrogen) atoms. The molecular weight excluding hydrogens is 416 g/mol. The van der Waals surface area contributed by atoms with Crippen LogP contribution in [0.2, 0.25) is 0 Å². The Hall–Kier alpha value is -3.26. The van der Waals surface area contributed by atoms with E-state index in [0.717, 1.165) is 54.5 Å². The number of aromatic nitrogens is 4. The zero-order valence-electron chi connectivity index (χ0n) is 19.3. The highest BCUT2D eigenvalue weighted by Gasteiger charge is 2.44. The molecule has 2 fully saturated rings. The summed E-state index contributed by atoms with van der Waals surface area (Å²) in [6.45, 7) is 8.06. The average Bonchev–Trinajstić information content (AvgIpc) is 3.22. The monoisotopic (exact) mass is 446 g/mol. The number of rotatable bonds is 4. The summed E-state index contributed by atoms with van der Waals surface area (Å²) in [6.07, 6.45) is 3.05. The van der Waals surface area contributed by atoms with Crippen LogP contribution in [0, 0.1) is 13.8 Å². The minimum atomic E-state index is -0.487. The quantitative estimate of drug-likeness (QED) is 0.613. The third kappa shape index (κ3) is 4.11. The SMILES string of the molecule is Cc1cc(C)n(-c2cc(N3CCN(C(=O)C4(c5ccccc5)CCOCC4)CC3)ncn2)n1. The Kier molecular flexibility index (Phi) is 5.85. The van der Waals surface area contributed by atoms with Gasteiger partial charge in [0.1, 0.15) is 12.1 Å². The van der Waals surface area contributed by atoms with E-state index in [1.165, 1.54) is 0 Å². The first kappa shape index (κ1) is 21.6. The molecule has 1 aromatic carbocycles. The minimum Gasteiger partial charge on any atom is -0.381 e. The van der Waals surface area contributed by atoms with E-state index in [9.17, 15) is 4.79 Å². The topological polar surface area (TPSA) is 76.4 Å². The van der Waals surface area contributed by atoms with Crippen LogP contribution < -0.4 is 4.90 Å². The fraction of sp³-hybridized carbons (Fsp3) is 0.440. The van der Waals surface area contributed by atoms with Gasteiger partial charge in [0.05, 0.1) is 11.1 Å². The van der Waals surface area contributed by atoms with Gasteiger partial charge in [-0.15, -0.1) is 0 Å². The van der Waals surface area contributed by atoms with Gasteiger partial charge in [-0.3, -0.25) is 4.79 Å². The van der Waals surface area contributed by atoms with Crippen molar-refractivity contribution in [1.82, 2.24) is 24.6 Å². The molecule has 0 spiro atoms. The second-order valence-corrected chi connectivity index (χ2v) is 8.91. The molecule has 172 valence electrons. The highest BCUT2D eigenvalue weighted by Crippen LogP contribution is 2.37. The molecule has 8 heteroatoms. The number of ether oxygens (including phenoxy) is 1. The number of carbonyl (C=O) groups is 1. The number of hydrogen-bond donors (Lipinski definition) is 0. The number of carbonyl (C=O) groups excluding carboxylic acids is 1. The lowest BCUT2D eigenvalue weighted by atomic mass is 9.73. The van der Waals surface area contributed by atoms with Gasteiger partial charge in [0.2, 0.25) is 5.91 Å². The summed E-state index contributed by atoms with van der Waals surface area (Å²) in [5.74, 6) is 1.85. The lowest BCUT2D eigenvalue weighted by Gasteiger charge is -2.43. The predicted molar refractivity (Wildman–Crippen MR) is 126 cm³/mol. The van der Waals surface area contributed by atoms with Crippen molar-refractivity contribution >= 4 is 11.7 Å². The number of nitrogens with zero attached hydrogens (tertiary/aromatic N) is 6. The highest BCUT2D eigenvalue weighted by molar-refractivity contribution is 5.88. The smallest absolute Gasteiger partial charge is 0.233 e. The number of anilines is 1. The van der Waals surface area contributed by atoms with E-state index in [0.29, 0.717) is 26.3 Å². The molecule has 0 aliphatic carbocycles. The first-order chi connectivity index (χ1) is 16.1. The first-order valence-electron chi connectivity index (χ1n) is 11.6. The van der Waals surface area contributed by atoms with Crippen LogP contribution in [0.25, 0.3) is 5.82 Å². The lowest BCUT2D eigenvalue weighted by Crippen LogP contribution is -2.56. The van der Waals surface area contributed by atoms with Crippen LogP contribution in [0.1, 0.15) is 29.8 Å². The van der Waals surface area contributed by atoms with Gasteiger partial charge in [-0.25, -0.2) is 14.6 Å². The van der Waals surface area contributed by atoms with Crippen LogP contribution in [-0.2, 0) is 14.9 Å². The molecule has 0 atom stereocenters. The van der Waals surface area contributed by atoms with E-state index in [-0.39, 0.29) is 5.91 Å². The Morgan fingerprint density at radius 2 is 1.64 bits per heavy atom. The maximum absolute atomic E-state index is 13.8. The molecule has 0 N–H and O–H groups in total. The summed E-state index contributed by atoms with van der Waals surface area (Å²) in [6, 6.07) is 14.2. The Labute approximate surface area is 194 Å². The summed E-state index contributed by atoms with van der Waals surface area (Å²) < 4.78 is 7.46. The number of benzene rings is 1. The molecule has 8 nitrogen and oxygen atoms in total. The Morgan fingerprint density at radius 3 is 2.30 bits per heavy atom. The van der Waals surface area contributed by atoms with E-state index in [1.807, 2.05) is 53.8 Å². The lowest BCUT2D eigenvalue weighted by molar-refractivity contribution is -0.141. The molecule has 2 aliphatic rings. The summed E-state index contributed by atoms with van der Waals surface area (Å²) in [5, 5.41) is 4.53. The van der Waals surface area contributed by atoms with Crippen LogP contribution in [-0.4, -0.2) is 69.9 Å². The first-order valence-corrected chi connectivity index (χ1v) is 11.6. The molecule has 2 saturated heterocycles. The van der Waals surface area contributed by atoms with E-state index in [4.69, 9.17) is 4.74 Å². The van der Waals surface area contributed by atoms with Crippen molar-refractivity contribution in [1.29, 1.82) is 0 Å². The largest absolute Gasteiger partial charge is 0.381 e. The van der Waals surface area contributed by atoms with Crippen molar-refractivity contribution in [3.05, 3.63) is 65.7 Å². The van der Waals surface area contributed by atoms with Gasteiger partial charge >= 0.3 is 0 Å². The zero-order chi connectivity index (χ0) is 22.8. The molecular formula is C25H30N6O2. The third-order valence-electron chi connectivity index (χ3n) is 6.84. The van der Waals surface area contributed by atoms with Gasteiger partial charge in [-0.1, -0.05) is 30.3 Å². The third-order valence-corrected chi connectivity index (χ3v) is 6.84. The summed E-state index contributed by atoms with van der Waals surface area (Å²) in [5.41, 5.74) is 2.61. The molecule has 1 amide bonds. The number of hydrogen-bond acceptors (Lipinski definition) is 6. The van der Waals surface area contributed by atoms with Gasteiger partial charge in [-0.2, -0.15) is 5.10 Å². The van der Waals surface area contributed by atoms with E-state index in [2.05, 4.69) is 32.1 Å². The predicted octanol–water partition coefficient (Wildman–Crippen LogP) is 2.68. The maximum atomic E-state index is 13.8. The fourth-order valence-corrected chi connectivity index (χ4v) is 5.03. The van der Waals surface area contributed by atoms with Crippen molar-refractivity contribution in [2.45, 2.75) is 32.1 Å². The number of piperazine rings is 1. The molecule has 0 radical (unpaired) electrons. The molecule has 0 bridgehead atoms. The Morgan fingerprint density at radius 1 is 0.939 bits per heavy atom. The van der Waals surface area contributed by atoms with Gasteiger partial charge < -0.3 is 14.5 Å². The number of amides is 1. The zero-order valence-corrected chi connectivity index (χ0v) is 19.3. The van der Waals surface area contributed by atoms with E-state index in [1.54, 1.807) is 6.33 Å². The van der Waals surface area contributed by atoms with E-state index >= 15 is 0 Å². The molecule has 2 aromatic heterocycles. The molecule has 0 unspecified atom stereocenters. The van der Waals surface area contributed by atoms with Crippen molar-refractivity contribution < 1.29 is 9.53 Å². The van der Waals surface area contributed by atoms with E-state index < -0.39 is 5.41 Å². The molecule has 5 rings (SSSR count). The Balaban J connectivity index is 1.31. The summed E-state index contributed by atoms with van der Waals surface area (Å²) in [7, 11) is 0. The highest BCUT2D eigenvalue weighted by atomic mass is 16.5. The Bertz CT molecular complexity index is 1110. The van der Waals surface area contributed by atoms with Gasteiger partial charge in [0.25, 0.3) is 0 Å². The van der Waals surface area contributed by atoms with Crippen molar-refractivity contribution in [2.75, 3.05) is 44.3 Å². The van der Waals surface area contributed by atoms with Crippen molar-refractivity contribution in [2.24, 2.45) is 0 Å². The average molecular weight is 447 g/mol. The van der Waals surface area contributed by atoms with Crippen LogP contribution in [0.5, 0.6) is 0 Å². The van der Waals surface area contributed by atoms with Crippen LogP contribution in [0.15, 0.2) is 48.8 Å². The molecule has 0 saturated carbocycles. The second kappa shape index (κ2) is 8.94. The normalized spacial score (nSPS) is 18.4. The van der Waals surface area contributed by atoms with Crippen molar-refractivity contribution in [3.63, 3.8) is 0 Å². The second-order valence-electron chi connectivity index (χ2n) is 8.91.